The highest BCUT2D eigenvalue weighted by Gasteiger charge is 2.19. The zero-order valence-corrected chi connectivity index (χ0v) is 10.1. The average Bonchev–Trinajstić information content (AvgIpc) is 2.16. The quantitative estimate of drug-likeness (QED) is 0.783. The maximum absolute atomic E-state index is 11.8. The van der Waals surface area contributed by atoms with Gasteiger partial charge in [-0.15, -0.1) is 0 Å². The Labute approximate surface area is 90.5 Å². The van der Waals surface area contributed by atoms with E-state index in [0.717, 1.165) is 0 Å². The number of hydrogen-bond donors (Lipinski definition) is 0. The highest BCUT2D eigenvalue weighted by Crippen LogP contribution is 2.22. The van der Waals surface area contributed by atoms with Crippen LogP contribution in [0, 0.1) is 6.92 Å². The van der Waals surface area contributed by atoms with Crippen molar-refractivity contribution >= 4 is 10.0 Å². The third-order valence-electron chi connectivity index (χ3n) is 2.14. The van der Waals surface area contributed by atoms with Gasteiger partial charge in [-0.25, -0.2) is 12.7 Å². The van der Waals surface area contributed by atoms with Crippen molar-refractivity contribution in [3.8, 4) is 5.75 Å². The second-order valence-corrected chi connectivity index (χ2v) is 5.54. The van der Waals surface area contributed by atoms with Crippen molar-refractivity contribution in [2.45, 2.75) is 11.8 Å². The number of nitrogens with zero attached hydrogens (tertiary/aromatic N) is 1. The molecular formula is C10H15NO3S. The van der Waals surface area contributed by atoms with E-state index in [1.165, 1.54) is 18.4 Å². The predicted molar refractivity (Wildman–Crippen MR) is 58.6 cm³/mol. The Morgan fingerprint density at radius 2 is 1.87 bits per heavy atom. The summed E-state index contributed by atoms with van der Waals surface area (Å²) >= 11 is 0. The first-order valence-electron chi connectivity index (χ1n) is 4.46. The molecule has 0 saturated carbocycles. The highest BCUT2D eigenvalue weighted by molar-refractivity contribution is 7.89. The van der Waals surface area contributed by atoms with Gasteiger partial charge in [0.25, 0.3) is 0 Å². The van der Waals surface area contributed by atoms with Crippen LogP contribution in [-0.4, -0.2) is 33.9 Å². The highest BCUT2D eigenvalue weighted by atomic mass is 32.2. The van der Waals surface area contributed by atoms with Crippen molar-refractivity contribution < 1.29 is 13.2 Å². The van der Waals surface area contributed by atoms with Gasteiger partial charge in [-0.05, 0) is 30.7 Å². The minimum atomic E-state index is -3.35. The van der Waals surface area contributed by atoms with E-state index in [4.69, 9.17) is 4.74 Å². The van der Waals surface area contributed by atoms with E-state index in [9.17, 15) is 8.42 Å². The second kappa shape index (κ2) is 4.20. The van der Waals surface area contributed by atoms with Gasteiger partial charge in [0.05, 0.1) is 12.0 Å². The summed E-state index contributed by atoms with van der Waals surface area (Å²) in [5.41, 5.74) is 0.683. The fraction of sp³-hybridized carbons (Fsp3) is 0.400. The van der Waals surface area contributed by atoms with Crippen LogP contribution in [0.3, 0.4) is 0 Å². The lowest BCUT2D eigenvalue weighted by Crippen LogP contribution is -2.22. The van der Waals surface area contributed by atoms with E-state index in [1.807, 2.05) is 0 Å². The third-order valence-corrected chi connectivity index (χ3v) is 4.12. The summed E-state index contributed by atoms with van der Waals surface area (Å²) in [6.07, 6.45) is 0. The van der Waals surface area contributed by atoms with Gasteiger partial charge in [-0.3, -0.25) is 0 Å². The van der Waals surface area contributed by atoms with E-state index in [2.05, 4.69) is 0 Å². The molecule has 0 saturated heterocycles. The molecule has 0 aliphatic carbocycles. The zero-order chi connectivity index (χ0) is 11.6. The van der Waals surface area contributed by atoms with Crippen LogP contribution in [0.4, 0.5) is 0 Å². The van der Waals surface area contributed by atoms with Crippen LogP contribution in [0.15, 0.2) is 23.1 Å². The average molecular weight is 229 g/mol. The first-order valence-corrected chi connectivity index (χ1v) is 5.90. The molecule has 0 radical (unpaired) electrons. The van der Waals surface area contributed by atoms with E-state index in [1.54, 1.807) is 32.2 Å². The van der Waals surface area contributed by atoms with E-state index < -0.39 is 10.0 Å². The lowest BCUT2D eigenvalue weighted by Gasteiger charge is -2.13. The third kappa shape index (κ3) is 2.30. The first kappa shape index (κ1) is 12.0. The van der Waals surface area contributed by atoms with Crippen LogP contribution in [0.25, 0.3) is 0 Å². The molecule has 0 aliphatic heterocycles. The molecule has 0 atom stereocenters. The molecule has 15 heavy (non-hydrogen) atoms. The smallest absolute Gasteiger partial charge is 0.242 e. The number of rotatable bonds is 3. The van der Waals surface area contributed by atoms with Crippen molar-refractivity contribution in [3.05, 3.63) is 23.8 Å². The lowest BCUT2D eigenvalue weighted by molar-refractivity contribution is 0.414. The summed E-state index contributed by atoms with van der Waals surface area (Å²) < 4.78 is 29.9. The van der Waals surface area contributed by atoms with Crippen LogP contribution in [0.5, 0.6) is 5.75 Å². The monoisotopic (exact) mass is 229 g/mol. The molecule has 1 aromatic carbocycles. The van der Waals surface area contributed by atoms with Crippen molar-refractivity contribution in [3.63, 3.8) is 0 Å². The molecule has 0 bridgehead atoms. The molecule has 0 heterocycles. The fourth-order valence-corrected chi connectivity index (χ4v) is 2.33. The summed E-state index contributed by atoms with van der Waals surface area (Å²) in [5, 5.41) is 0. The van der Waals surface area contributed by atoms with Crippen molar-refractivity contribution in [1.82, 2.24) is 4.31 Å². The molecule has 0 aliphatic rings. The number of hydrogen-bond acceptors (Lipinski definition) is 3. The first-order chi connectivity index (χ1) is 6.89. The summed E-state index contributed by atoms with van der Waals surface area (Å²) in [6, 6.07) is 4.91. The van der Waals surface area contributed by atoms with Gasteiger partial charge < -0.3 is 4.74 Å². The van der Waals surface area contributed by atoms with Crippen LogP contribution >= 0.6 is 0 Å². The molecule has 1 rings (SSSR count). The van der Waals surface area contributed by atoms with Crippen LogP contribution in [0.2, 0.25) is 0 Å². The summed E-state index contributed by atoms with van der Waals surface area (Å²) in [6.45, 7) is 1.75. The van der Waals surface area contributed by atoms with Crippen molar-refractivity contribution in [2.75, 3.05) is 21.2 Å². The molecule has 4 nitrogen and oxygen atoms in total. The zero-order valence-electron chi connectivity index (χ0n) is 9.31. The van der Waals surface area contributed by atoms with Gasteiger partial charge in [-0.2, -0.15) is 0 Å². The van der Waals surface area contributed by atoms with Gasteiger partial charge >= 0.3 is 0 Å². The van der Waals surface area contributed by atoms with Gasteiger partial charge in [0, 0.05) is 14.1 Å². The second-order valence-electron chi connectivity index (χ2n) is 3.42. The van der Waals surface area contributed by atoms with Crippen molar-refractivity contribution in [1.29, 1.82) is 0 Å². The van der Waals surface area contributed by atoms with E-state index >= 15 is 0 Å². The predicted octanol–water partition coefficient (Wildman–Crippen LogP) is 1.25. The molecule has 0 fully saturated rings. The maximum Gasteiger partial charge on any atom is 0.242 e. The molecule has 0 spiro atoms. The Kier molecular flexibility index (Phi) is 3.36. The summed E-state index contributed by atoms with van der Waals surface area (Å²) in [4.78, 5) is 0.313. The summed E-state index contributed by atoms with van der Waals surface area (Å²) in [7, 11) is 1.22. The van der Waals surface area contributed by atoms with Gasteiger partial charge in [-0.1, -0.05) is 0 Å². The largest absolute Gasteiger partial charge is 0.497 e. The number of ether oxygens (including phenoxy) is 1. The Morgan fingerprint density at radius 1 is 1.27 bits per heavy atom. The molecule has 0 aromatic heterocycles. The van der Waals surface area contributed by atoms with Gasteiger partial charge in [0.15, 0.2) is 0 Å². The number of sulfonamides is 1. The Balaban J connectivity index is 3.29. The molecule has 0 unspecified atom stereocenters. The lowest BCUT2D eigenvalue weighted by atomic mass is 10.2. The molecule has 5 heteroatoms. The molecule has 0 N–H and O–H groups in total. The van der Waals surface area contributed by atoms with Crippen LogP contribution < -0.4 is 4.74 Å². The fourth-order valence-electron chi connectivity index (χ4n) is 1.23. The summed E-state index contributed by atoms with van der Waals surface area (Å²) in [5.74, 6) is 0.658. The van der Waals surface area contributed by atoms with Crippen LogP contribution in [-0.2, 0) is 10.0 Å². The normalized spacial score (nSPS) is 11.8. The minimum absolute atomic E-state index is 0.313. The molecular weight excluding hydrogens is 214 g/mol. The van der Waals surface area contributed by atoms with Crippen LogP contribution in [0.1, 0.15) is 5.56 Å². The minimum Gasteiger partial charge on any atom is -0.497 e. The van der Waals surface area contributed by atoms with E-state index in [-0.39, 0.29) is 0 Å². The Bertz CT molecular complexity index is 452. The molecule has 1 aromatic rings. The number of methoxy groups -OCH3 is 1. The Morgan fingerprint density at radius 3 is 2.27 bits per heavy atom. The molecule has 0 amide bonds. The topological polar surface area (TPSA) is 46.6 Å². The van der Waals surface area contributed by atoms with Crippen molar-refractivity contribution in [2.24, 2.45) is 0 Å². The van der Waals surface area contributed by atoms with Gasteiger partial charge in [0.1, 0.15) is 5.75 Å². The van der Waals surface area contributed by atoms with Gasteiger partial charge in [0.2, 0.25) is 10.0 Å². The number of benzene rings is 1. The molecule has 84 valence electrons. The van der Waals surface area contributed by atoms with E-state index in [0.29, 0.717) is 16.2 Å². The standard InChI is InChI=1S/C10H15NO3S/c1-8-7-9(14-4)5-6-10(8)15(12,13)11(2)3/h5-7H,1-4H3. The maximum atomic E-state index is 11.8. The Hall–Kier alpha value is -1.07. The number of aryl methyl sites for hydroxylation is 1. The SMILES string of the molecule is COc1ccc(S(=O)(=O)N(C)C)c(C)c1.